The van der Waals surface area contributed by atoms with E-state index in [2.05, 4.69) is 10.6 Å². The first-order valence-electron chi connectivity index (χ1n) is 12.3. The number of ether oxygens (including phenoxy) is 1. The fourth-order valence-corrected chi connectivity index (χ4v) is 5.15. The minimum absolute atomic E-state index is 0.0398. The fraction of sp³-hybridized carbons (Fsp3) is 0.250. The summed E-state index contributed by atoms with van der Waals surface area (Å²) in [6.07, 6.45) is -4.65. The van der Waals surface area contributed by atoms with Gasteiger partial charge in [0.1, 0.15) is 17.4 Å². The molecule has 0 unspecified atom stereocenters. The Labute approximate surface area is 235 Å². The zero-order valence-electron chi connectivity index (χ0n) is 21.2. The van der Waals surface area contributed by atoms with Crippen molar-refractivity contribution in [2.24, 2.45) is 5.92 Å². The summed E-state index contributed by atoms with van der Waals surface area (Å²) in [6, 6.07) is 6.63. The SMILES string of the molecule is CN1C[C@H](COc2cc(NC(=O)c3cc(F)cc(C(F)(F)F)c3)c3c(c2)C(=O)N[C@@H]3c2cc(F)ccc2Cl)CC1=O. The zero-order valence-corrected chi connectivity index (χ0v) is 22.0. The third-order valence-corrected chi connectivity index (χ3v) is 7.22. The first-order chi connectivity index (χ1) is 19.3. The van der Waals surface area contributed by atoms with Crippen LogP contribution in [0.25, 0.3) is 0 Å². The molecule has 7 nitrogen and oxygen atoms in total. The standard InChI is InChI=1S/C28H21ClF5N3O4/c1-37-11-13(4-23(37)38)12-41-18-9-20-24(25(36-27(20)40)19-8-16(30)2-3-21(19)29)22(10-18)35-26(39)14-5-15(28(32,33)34)7-17(31)6-14/h2-3,5-10,13,25H,4,11-12H2,1H3,(H,35,39)(H,36,40)/t13-,25-/m1/s1. The van der Waals surface area contributed by atoms with Gasteiger partial charge in [0.15, 0.2) is 0 Å². The maximum absolute atomic E-state index is 14.1. The molecular formula is C28H21ClF5N3O4. The topological polar surface area (TPSA) is 87.7 Å². The Kier molecular flexibility index (Phi) is 7.37. The van der Waals surface area contributed by atoms with Crippen LogP contribution in [0.4, 0.5) is 27.6 Å². The van der Waals surface area contributed by atoms with Crippen LogP contribution in [-0.4, -0.2) is 42.8 Å². The van der Waals surface area contributed by atoms with E-state index in [1.807, 2.05) is 0 Å². The van der Waals surface area contributed by atoms with E-state index in [-0.39, 0.29) is 64.1 Å². The van der Waals surface area contributed by atoms with Gasteiger partial charge in [-0.2, -0.15) is 13.2 Å². The number of fused-ring (bicyclic) bond motifs is 1. The highest BCUT2D eigenvalue weighted by atomic mass is 35.5. The first kappa shape index (κ1) is 28.3. The summed E-state index contributed by atoms with van der Waals surface area (Å²) in [7, 11) is 1.66. The second kappa shape index (κ2) is 10.7. The molecule has 0 saturated carbocycles. The van der Waals surface area contributed by atoms with E-state index in [1.54, 1.807) is 11.9 Å². The molecule has 214 valence electrons. The van der Waals surface area contributed by atoms with Gasteiger partial charge in [0, 0.05) is 53.7 Å². The molecule has 13 heteroatoms. The van der Waals surface area contributed by atoms with E-state index < -0.39 is 46.8 Å². The van der Waals surface area contributed by atoms with E-state index in [1.165, 1.54) is 18.2 Å². The molecule has 0 aromatic heterocycles. The number of likely N-dealkylation sites (tertiary alicyclic amines) is 1. The third kappa shape index (κ3) is 5.83. The van der Waals surface area contributed by atoms with Crippen molar-refractivity contribution in [3.05, 3.63) is 93.0 Å². The van der Waals surface area contributed by atoms with Crippen molar-refractivity contribution in [1.29, 1.82) is 0 Å². The van der Waals surface area contributed by atoms with Crippen molar-refractivity contribution in [3.63, 3.8) is 0 Å². The van der Waals surface area contributed by atoms with Gasteiger partial charge in [-0.05, 0) is 42.5 Å². The molecule has 2 aliphatic rings. The number of carbonyl (C=O) groups is 3. The Morgan fingerprint density at radius 1 is 1.10 bits per heavy atom. The highest BCUT2D eigenvalue weighted by Crippen LogP contribution is 2.42. The molecule has 0 aliphatic carbocycles. The predicted molar refractivity (Wildman–Crippen MR) is 138 cm³/mol. The number of hydrogen-bond acceptors (Lipinski definition) is 4. The summed E-state index contributed by atoms with van der Waals surface area (Å²) >= 11 is 6.29. The van der Waals surface area contributed by atoms with E-state index in [0.29, 0.717) is 18.7 Å². The molecule has 3 aromatic rings. The number of nitrogens with one attached hydrogen (secondary N) is 2. The largest absolute Gasteiger partial charge is 0.493 e. The van der Waals surface area contributed by atoms with Crippen LogP contribution in [0, 0.1) is 17.6 Å². The van der Waals surface area contributed by atoms with Crippen LogP contribution in [0.15, 0.2) is 48.5 Å². The highest BCUT2D eigenvalue weighted by molar-refractivity contribution is 6.31. The number of alkyl halides is 3. The van der Waals surface area contributed by atoms with Crippen LogP contribution < -0.4 is 15.4 Å². The molecule has 2 aliphatic heterocycles. The maximum atomic E-state index is 14.1. The average molecular weight is 594 g/mol. The number of amides is 3. The normalized spacial score (nSPS) is 18.4. The van der Waals surface area contributed by atoms with Gasteiger partial charge in [-0.15, -0.1) is 0 Å². The van der Waals surface area contributed by atoms with Crippen molar-refractivity contribution >= 4 is 35.0 Å². The number of hydrogen-bond donors (Lipinski definition) is 2. The molecule has 2 heterocycles. The quantitative estimate of drug-likeness (QED) is 0.366. The second-order valence-electron chi connectivity index (χ2n) is 9.84. The molecule has 2 N–H and O–H groups in total. The number of nitrogens with zero attached hydrogens (tertiary/aromatic N) is 1. The lowest BCUT2D eigenvalue weighted by Gasteiger charge is -2.19. The number of halogens is 6. The van der Waals surface area contributed by atoms with Crippen molar-refractivity contribution in [2.45, 2.75) is 18.6 Å². The molecule has 1 fully saturated rings. The van der Waals surface area contributed by atoms with Crippen LogP contribution in [0.2, 0.25) is 5.02 Å². The molecule has 0 radical (unpaired) electrons. The first-order valence-corrected chi connectivity index (χ1v) is 12.7. The second-order valence-corrected chi connectivity index (χ2v) is 10.2. The summed E-state index contributed by atoms with van der Waals surface area (Å²) in [5.74, 6) is -3.69. The number of carbonyl (C=O) groups excluding carboxylic acids is 3. The van der Waals surface area contributed by atoms with E-state index >= 15 is 0 Å². The van der Waals surface area contributed by atoms with Crippen LogP contribution in [0.1, 0.15) is 49.9 Å². The lowest BCUT2D eigenvalue weighted by molar-refractivity contribution is -0.137. The molecule has 2 atom stereocenters. The average Bonchev–Trinajstić information content (AvgIpc) is 3.41. The lowest BCUT2D eigenvalue weighted by atomic mass is 9.95. The Bertz CT molecular complexity index is 1580. The molecule has 3 amide bonds. The Morgan fingerprint density at radius 3 is 2.54 bits per heavy atom. The summed E-state index contributed by atoms with van der Waals surface area (Å²) in [5, 5.41) is 5.24. The van der Waals surface area contributed by atoms with Crippen LogP contribution in [-0.2, 0) is 11.0 Å². The molecular weight excluding hydrogens is 573 g/mol. The molecule has 1 saturated heterocycles. The van der Waals surface area contributed by atoms with E-state index in [4.69, 9.17) is 16.3 Å². The highest BCUT2D eigenvalue weighted by Gasteiger charge is 2.36. The van der Waals surface area contributed by atoms with Crippen molar-refractivity contribution in [3.8, 4) is 5.75 Å². The maximum Gasteiger partial charge on any atom is 0.416 e. The van der Waals surface area contributed by atoms with Crippen molar-refractivity contribution in [1.82, 2.24) is 10.2 Å². The molecule has 0 bridgehead atoms. The van der Waals surface area contributed by atoms with E-state index in [0.717, 1.165) is 12.1 Å². The summed E-state index contributed by atoms with van der Waals surface area (Å²) in [6.45, 7) is 0.553. The molecule has 41 heavy (non-hydrogen) atoms. The van der Waals surface area contributed by atoms with Gasteiger partial charge in [-0.25, -0.2) is 8.78 Å². The van der Waals surface area contributed by atoms with Crippen LogP contribution in [0.5, 0.6) is 5.75 Å². The molecule has 3 aromatic carbocycles. The fourth-order valence-electron chi connectivity index (χ4n) is 4.92. The summed E-state index contributed by atoms with van der Waals surface area (Å²) in [5.41, 5.74) is -1.67. The summed E-state index contributed by atoms with van der Waals surface area (Å²) in [4.78, 5) is 39.6. The Morgan fingerprint density at radius 2 is 1.85 bits per heavy atom. The number of anilines is 1. The van der Waals surface area contributed by atoms with Gasteiger partial charge < -0.3 is 20.3 Å². The lowest BCUT2D eigenvalue weighted by Crippen LogP contribution is -2.21. The smallest absolute Gasteiger partial charge is 0.416 e. The predicted octanol–water partition coefficient (Wildman–Crippen LogP) is 5.58. The van der Waals surface area contributed by atoms with Gasteiger partial charge in [0.05, 0.1) is 29.5 Å². The van der Waals surface area contributed by atoms with Gasteiger partial charge in [0.2, 0.25) is 5.91 Å². The minimum Gasteiger partial charge on any atom is -0.493 e. The summed E-state index contributed by atoms with van der Waals surface area (Å²) < 4.78 is 73.8. The Balaban J connectivity index is 1.54. The van der Waals surface area contributed by atoms with Crippen molar-refractivity contribution < 1.29 is 41.1 Å². The number of rotatable bonds is 6. The van der Waals surface area contributed by atoms with Crippen molar-refractivity contribution in [2.75, 3.05) is 25.5 Å². The Hall–Kier alpha value is -4.19. The number of benzene rings is 3. The van der Waals surface area contributed by atoms with Crippen LogP contribution in [0.3, 0.4) is 0 Å². The minimum atomic E-state index is -4.91. The van der Waals surface area contributed by atoms with E-state index in [9.17, 15) is 36.3 Å². The monoisotopic (exact) mass is 593 g/mol. The third-order valence-electron chi connectivity index (χ3n) is 6.87. The molecule has 0 spiro atoms. The van der Waals surface area contributed by atoms with Crippen LogP contribution >= 0.6 is 11.6 Å². The van der Waals surface area contributed by atoms with Gasteiger partial charge in [0.25, 0.3) is 11.8 Å². The van der Waals surface area contributed by atoms with Gasteiger partial charge in [-0.1, -0.05) is 11.6 Å². The molecule has 5 rings (SSSR count). The zero-order chi connectivity index (χ0) is 29.6. The van der Waals surface area contributed by atoms with Gasteiger partial charge >= 0.3 is 6.18 Å². The van der Waals surface area contributed by atoms with Gasteiger partial charge in [-0.3, -0.25) is 14.4 Å².